The van der Waals surface area contributed by atoms with Crippen LogP contribution >= 0.6 is 11.8 Å². The predicted octanol–water partition coefficient (Wildman–Crippen LogP) is 4.22. The average Bonchev–Trinajstić information content (AvgIpc) is 2.77. The van der Waals surface area contributed by atoms with Crippen molar-refractivity contribution < 1.29 is 8.78 Å². The van der Waals surface area contributed by atoms with Crippen LogP contribution in [0.1, 0.15) is 11.6 Å². The zero-order valence-corrected chi connectivity index (χ0v) is 10.3. The van der Waals surface area contributed by atoms with Crippen molar-refractivity contribution in [2.24, 2.45) is 0 Å². The van der Waals surface area contributed by atoms with Crippen molar-refractivity contribution in [3.63, 3.8) is 0 Å². The van der Waals surface area contributed by atoms with Crippen LogP contribution in [0.2, 0.25) is 0 Å². The lowest BCUT2D eigenvalue weighted by Crippen LogP contribution is -2.12. The van der Waals surface area contributed by atoms with Crippen LogP contribution in [0.4, 0.5) is 14.5 Å². The highest BCUT2D eigenvalue weighted by atomic mass is 32.2. The number of anilines is 1. The van der Waals surface area contributed by atoms with Gasteiger partial charge in [-0.3, -0.25) is 0 Å². The first-order chi connectivity index (χ1) is 8.75. The van der Waals surface area contributed by atoms with Gasteiger partial charge in [0.05, 0.1) is 6.04 Å². The first-order valence-corrected chi connectivity index (χ1v) is 6.66. The van der Waals surface area contributed by atoms with E-state index in [1.165, 1.54) is 23.1 Å². The number of thioether (sulfide) groups is 1. The molecule has 0 aliphatic carbocycles. The summed E-state index contributed by atoms with van der Waals surface area (Å²) in [5.41, 5.74) is 1.06. The number of hydrogen-bond acceptors (Lipinski definition) is 2. The molecule has 1 N–H and O–H groups in total. The zero-order chi connectivity index (χ0) is 12.5. The van der Waals surface area contributed by atoms with Gasteiger partial charge >= 0.3 is 0 Å². The van der Waals surface area contributed by atoms with Crippen LogP contribution in [0.25, 0.3) is 0 Å². The number of benzene rings is 2. The van der Waals surface area contributed by atoms with E-state index in [1.807, 2.05) is 24.3 Å². The van der Waals surface area contributed by atoms with Gasteiger partial charge in [0.1, 0.15) is 17.3 Å². The van der Waals surface area contributed by atoms with Crippen molar-refractivity contribution in [2.75, 3.05) is 11.1 Å². The van der Waals surface area contributed by atoms with E-state index in [-0.39, 0.29) is 11.7 Å². The van der Waals surface area contributed by atoms with E-state index in [1.54, 1.807) is 11.8 Å². The van der Waals surface area contributed by atoms with Crippen molar-refractivity contribution in [2.45, 2.75) is 10.9 Å². The van der Waals surface area contributed by atoms with Gasteiger partial charge in [0.25, 0.3) is 0 Å². The maximum atomic E-state index is 13.6. The van der Waals surface area contributed by atoms with Crippen LogP contribution in [0.5, 0.6) is 0 Å². The highest BCUT2D eigenvalue weighted by Crippen LogP contribution is 2.40. The summed E-state index contributed by atoms with van der Waals surface area (Å²) in [5, 5.41) is 2.96. The molecule has 1 nitrogen and oxygen atoms in total. The molecule has 2 aromatic carbocycles. The van der Waals surface area contributed by atoms with E-state index < -0.39 is 11.6 Å². The molecule has 18 heavy (non-hydrogen) atoms. The standard InChI is InChI=1S/C14H11F2NS/c15-10-5-3-6-11(16)14(10)17-12-8-18-13-7-2-1-4-9(12)13/h1-7,12,17H,8H2. The number of fused-ring (bicyclic) bond motifs is 1. The van der Waals surface area contributed by atoms with Gasteiger partial charge in [-0.1, -0.05) is 24.3 Å². The highest BCUT2D eigenvalue weighted by Gasteiger charge is 2.24. The molecule has 1 heterocycles. The van der Waals surface area contributed by atoms with Crippen LogP contribution in [-0.2, 0) is 0 Å². The molecule has 1 unspecified atom stereocenters. The molecule has 1 aliphatic rings. The second-order valence-electron chi connectivity index (χ2n) is 4.14. The van der Waals surface area contributed by atoms with Gasteiger partial charge in [0.15, 0.2) is 0 Å². The van der Waals surface area contributed by atoms with E-state index >= 15 is 0 Å². The Labute approximate surface area is 108 Å². The molecule has 1 atom stereocenters. The minimum absolute atomic E-state index is 0.0418. The van der Waals surface area contributed by atoms with Gasteiger partial charge in [-0.15, -0.1) is 11.8 Å². The number of nitrogens with one attached hydrogen (secondary N) is 1. The molecule has 0 aromatic heterocycles. The lowest BCUT2D eigenvalue weighted by atomic mass is 10.1. The SMILES string of the molecule is Fc1cccc(F)c1NC1CSc2ccccc21. The largest absolute Gasteiger partial charge is 0.373 e. The lowest BCUT2D eigenvalue weighted by molar-refractivity contribution is 0.585. The zero-order valence-electron chi connectivity index (χ0n) is 9.49. The van der Waals surface area contributed by atoms with E-state index in [9.17, 15) is 8.78 Å². The molecule has 0 amide bonds. The topological polar surface area (TPSA) is 12.0 Å². The van der Waals surface area contributed by atoms with E-state index in [2.05, 4.69) is 5.32 Å². The van der Waals surface area contributed by atoms with Crippen molar-refractivity contribution in [3.05, 3.63) is 59.7 Å². The Kier molecular flexibility index (Phi) is 2.96. The summed E-state index contributed by atoms with van der Waals surface area (Å²) in [5.74, 6) is -0.318. The first kappa shape index (κ1) is 11.5. The second kappa shape index (κ2) is 4.61. The fourth-order valence-electron chi connectivity index (χ4n) is 2.09. The summed E-state index contributed by atoms with van der Waals surface area (Å²) < 4.78 is 27.1. The third kappa shape index (κ3) is 1.97. The number of rotatable bonds is 2. The van der Waals surface area contributed by atoms with Gasteiger partial charge in [0.2, 0.25) is 0 Å². The summed E-state index contributed by atoms with van der Waals surface area (Å²) >= 11 is 1.70. The molecule has 0 saturated heterocycles. The predicted molar refractivity (Wildman–Crippen MR) is 69.9 cm³/mol. The Bertz CT molecular complexity index is 566. The van der Waals surface area contributed by atoms with Crippen molar-refractivity contribution >= 4 is 17.4 Å². The van der Waals surface area contributed by atoms with E-state index in [4.69, 9.17) is 0 Å². The van der Waals surface area contributed by atoms with Gasteiger partial charge in [0, 0.05) is 10.6 Å². The molecule has 4 heteroatoms. The second-order valence-corrected chi connectivity index (χ2v) is 5.20. The van der Waals surface area contributed by atoms with Gasteiger partial charge < -0.3 is 5.32 Å². The monoisotopic (exact) mass is 263 g/mol. The normalized spacial score (nSPS) is 17.6. The molecular weight excluding hydrogens is 252 g/mol. The Morgan fingerprint density at radius 2 is 1.72 bits per heavy atom. The Balaban J connectivity index is 1.91. The number of halogens is 2. The quantitative estimate of drug-likeness (QED) is 0.870. The lowest BCUT2D eigenvalue weighted by Gasteiger charge is -2.15. The summed E-state index contributed by atoms with van der Waals surface area (Å²) in [6.07, 6.45) is 0. The van der Waals surface area contributed by atoms with Crippen LogP contribution in [-0.4, -0.2) is 5.75 Å². The number of para-hydroxylation sites is 1. The van der Waals surface area contributed by atoms with E-state index in [0.717, 1.165) is 11.3 Å². The summed E-state index contributed by atoms with van der Waals surface area (Å²) in [6.45, 7) is 0. The molecule has 92 valence electrons. The highest BCUT2D eigenvalue weighted by molar-refractivity contribution is 7.99. The molecule has 0 bridgehead atoms. The molecule has 2 aromatic rings. The summed E-state index contributed by atoms with van der Waals surface area (Å²) in [7, 11) is 0. The van der Waals surface area contributed by atoms with Crippen LogP contribution in [0, 0.1) is 11.6 Å². The Morgan fingerprint density at radius 1 is 1.00 bits per heavy atom. The fourth-order valence-corrected chi connectivity index (χ4v) is 3.25. The molecule has 0 fully saturated rings. The minimum atomic E-state index is -0.551. The Hall–Kier alpha value is -1.55. The van der Waals surface area contributed by atoms with Crippen molar-refractivity contribution in [1.82, 2.24) is 0 Å². The van der Waals surface area contributed by atoms with Gasteiger partial charge in [-0.05, 0) is 23.8 Å². The molecule has 0 radical (unpaired) electrons. The molecular formula is C14H11F2NS. The van der Waals surface area contributed by atoms with Crippen LogP contribution < -0.4 is 5.32 Å². The van der Waals surface area contributed by atoms with Gasteiger partial charge in [-0.25, -0.2) is 8.78 Å². The fraction of sp³-hybridized carbons (Fsp3) is 0.143. The maximum Gasteiger partial charge on any atom is 0.149 e. The average molecular weight is 263 g/mol. The van der Waals surface area contributed by atoms with Crippen LogP contribution in [0.15, 0.2) is 47.4 Å². The van der Waals surface area contributed by atoms with Crippen LogP contribution in [0.3, 0.4) is 0 Å². The maximum absolute atomic E-state index is 13.6. The Morgan fingerprint density at radius 3 is 2.50 bits per heavy atom. The van der Waals surface area contributed by atoms with Gasteiger partial charge in [-0.2, -0.15) is 0 Å². The molecule has 3 rings (SSSR count). The van der Waals surface area contributed by atoms with Crippen molar-refractivity contribution in [3.8, 4) is 0 Å². The molecule has 0 spiro atoms. The summed E-state index contributed by atoms with van der Waals surface area (Å²) in [6, 6.07) is 11.8. The molecule has 1 aliphatic heterocycles. The first-order valence-electron chi connectivity index (χ1n) is 5.68. The summed E-state index contributed by atoms with van der Waals surface area (Å²) in [4.78, 5) is 1.17. The third-order valence-electron chi connectivity index (χ3n) is 2.98. The van der Waals surface area contributed by atoms with Crippen molar-refractivity contribution in [1.29, 1.82) is 0 Å². The smallest absolute Gasteiger partial charge is 0.149 e. The third-order valence-corrected chi connectivity index (χ3v) is 4.16. The van der Waals surface area contributed by atoms with E-state index in [0.29, 0.717) is 0 Å². The molecule has 0 saturated carbocycles. The number of hydrogen-bond donors (Lipinski definition) is 1. The minimum Gasteiger partial charge on any atom is -0.373 e.